The predicted octanol–water partition coefficient (Wildman–Crippen LogP) is 4.10. The van der Waals surface area contributed by atoms with Crippen LogP contribution in [0.1, 0.15) is 36.5 Å². The maximum atomic E-state index is 12.5. The first kappa shape index (κ1) is 12.6. The lowest BCUT2D eigenvalue weighted by atomic mass is 9.81. The summed E-state index contributed by atoms with van der Waals surface area (Å²) in [7, 11) is -0.931. The van der Waals surface area contributed by atoms with E-state index in [0.717, 1.165) is 4.90 Å². The van der Waals surface area contributed by atoms with Crippen LogP contribution < -0.4 is 0 Å². The highest BCUT2D eigenvalue weighted by Gasteiger charge is 2.28. The summed E-state index contributed by atoms with van der Waals surface area (Å²) in [6.45, 7) is 4.49. The van der Waals surface area contributed by atoms with Gasteiger partial charge >= 0.3 is 0 Å². The third kappa shape index (κ3) is 2.14. The standard InChI is InChI=1S/C17H18OS/c1-12(2)17-14-8-4-3-7-13(14)11-19(18)16-10-6-5-9-15(16)17/h3-10,12,17H,11H2,1-2H3. The summed E-state index contributed by atoms with van der Waals surface area (Å²) in [5.41, 5.74) is 3.81. The summed E-state index contributed by atoms with van der Waals surface area (Å²) in [5, 5.41) is 0. The van der Waals surface area contributed by atoms with Gasteiger partial charge in [-0.1, -0.05) is 56.3 Å². The van der Waals surface area contributed by atoms with E-state index in [-0.39, 0.29) is 0 Å². The van der Waals surface area contributed by atoms with Gasteiger partial charge in [0.1, 0.15) is 0 Å². The van der Waals surface area contributed by atoms with Gasteiger partial charge in [0.15, 0.2) is 0 Å². The molecule has 1 aliphatic rings. The van der Waals surface area contributed by atoms with E-state index in [1.54, 1.807) is 0 Å². The Morgan fingerprint density at radius 3 is 2.37 bits per heavy atom. The first-order valence-electron chi connectivity index (χ1n) is 6.73. The van der Waals surface area contributed by atoms with Crippen LogP contribution in [0.15, 0.2) is 53.4 Å². The van der Waals surface area contributed by atoms with Crippen molar-refractivity contribution in [3.63, 3.8) is 0 Å². The Hall–Kier alpha value is -1.41. The Morgan fingerprint density at radius 2 is 1.63 bits per heavy atom. The molecule has 2 atom stereocenters. The molecule has 1 aliphatic heterocycles. The molecule has 2 aromatic rings. The van der Waals surface area contributed by atoms with Crippen LogP contribution in [0, 0.1) is 5.92 Å². The van der Waals surface area contributed by atoms with Gasteiger partial charge in [-0.25, -0.2) is 0 Å². The normalized spacial score (nSPS) is 21.6. The van der Waals surface area contributed by atoms with E-state index in [1.165, 1.54) is 16.7 Å². The summed E-state index contributed by atoms with van der Waals surface area (Å²) in [4.78, 5) is 1.01. The molecule has 0 aliphatic carbocycles. The minimum atomic E-state index is -0.931. The van der Waals surface area contributed by atoms with E-state index in [2.05, 4.69) is 44.2 Å². The molecule has 0 saturated heterocycles. The molecule has 3 rings (SSSR count). The third-order valence-corrected chi connectivity index (χ3v) is 5.28. The van der Waals surface area contributed by atoms with Gasteiger partial charge in [0.05, 0.1) is 16.6 Å². The van der Waals surface area contributed by atoms with Crippen LogP contribution >= 0.6 is 0 Å². The van der Waals surface area contributed by atoms with Gasteiger partial charge < -0.3 is 0 Å². The molecule has 0 N–H and O–H groups in total. The van der Waals surface area contributed by atoms with E-state index in [9.17, 15) is 4.21 Å². The maximum Gasteiger partial charge on any atom is 0.0577 e. The molecule has 0 amide bonds. The topological polar surface area (TPSA) is 17.1 Å². The molecule has 2 heteroatoms. The monoisotopic (exact) mass is 270 g/mol. The lowest BCUT2D eigenvalue weighted by molar-refractivity contribution is 0.556. The average Bonchev–Trinajstić information content (AvgIpc) is 2.53. The predicted molar refractivity (Wildman–Crippen MR) is 79.7 cm³/mol. The fourth-order valence-electron chi connectivity index (χ4n) is 3.02. The molecule has 19 heavy (non-hydrogen) atoms. The van der Waals surface area contributed by atoms with Crippen LogP contribution in [0.25, 0.3) is 0 Å². The largest absolute Gasteiger partial charge is 0.254 e. The molecule has 2 aromatic carbocycles. The minimum absolute atomic E-state index is 0.346. The van der Waals surface area contributed by atoms with Crippen molar-refractivity contribution in [3.05, 3.63) is 65.2 Å². The first-order chi connectivity index (χ1) is 9.18. The molecule has 0 fully saturated rings. The summed E-state index contributed by atoms with van der Waals surface area (Å²) in [6.07, 6.45) is 0. The summed E-state index contributed by atoms with van der Waals surface area (Å²) < 4.78 is 12.5. The highest BCUT2D eigenvalue weighted by Crippen LogP contribution is 2.40. The molecule has 0 bridgehead atoms. The smallest absolute Gasteiger partial charge is 0.0577 e. The minimum Gasteiger partial charge on any atom is -0.254 e. The second kappa shape index (κ2) is 4.93. The van der Waals surface area contributed by atoms with Crippen molar-refractivity contribution >= 4 is 10.8 Å². The molecular weight excluding hydrogens is 252 g/mol. The van der Waals surface area contributed by atoms with Crippen molar-refractivity contribution in [2.45, 2.75) is 30.4 Å². The van der Waals surface area contributed by atoms with E-state index >= 15 is 0 Å². The number of fused-ring (bicyclic) bond motifs is 2. The van der Waals surface area contributed by atoms with Crippen molar-refractivity contribution in [1.82, 2.24) is 0 Å². The molecule has 0 radical (unpaired) electrons. The van der Waals surface area contributed by atoms with Gasteiger partial charge in [0, 0.05) is 10.8 Å². The zero-order chi connectivity index (χ0) is 13.4. The van der Waals surface area contributed by atoms with Crippen LogP contribution in [-0.2, 0) is 16.6 Å². The Balaban J connectivity index is 2.29. The molecule has 1 nitrogen and oxygen atoms in total. The molecule has 0 spiro atoms. The first-order valence-corrected chi connectivity index (χ1v) is 8.05. The SMILES string of the molecule is CC(C)C1c2ccccc2CS(=O)c2ccccc21. The quantitative estimate of drug-likeness (QED) is 0.762. The second-order valence-electron chi connectivity index (χ2n) is 5.45. The van der Waals surface area contributed by atoms with Gasteiger partial charge in [-0.2, -0.15) is 0 Å². The zero-order valence-electron chi connectivity index (χ0n) is 11.3. The van der Waals surface area contributed by atoms with Crippen LogP contribution in [0.4, 0.5) is 0 Å². The van der Waals surface area contributed by atoms with Crippen molar-refractivity contribution in [2.24, 2.45) is 5.92 Å². The average molecular weight is 270 g/mol. The zero-order valence-corrected chi connectivity index (χ0v) is 12.1. The summed E-state index contributed by atoms with van der Waals surface area (Å²) >= 11 is 0. The van der Waals surface area contributed by atoms with Crippen LogP contribution in [0.3, 0.4) is 0 Å². The van der Waals surface area contributed by atoms with Gasteiger partial charge in [0.2, 0.25) is 0 Å². The molecule has 2 unspecified atom stereocenters. The molecule has 98 valence electrons. The van der Waals surface area contributed by atoms with E-state index in [1.807, 2.05) is 18.2 Å². The van der Waals surface area contributed by atoms with Gasteiger partial charge in [-0.15, -0.1) is 0 Å². The molecule has 1 heterocycles. The fraction of sp³-hybridized carbons (Fsp3) is 0.294. The molecule has 0 aromatic heterocycles. The Kier molecular flexibility index (Phi) is 3.28. The van der Waals surface area contributed by atoms with Crippen molar-refractivity contribution < 1.29 is 4.21 Å². The van der Waals surface area contributed by atoms with Crippen molar-refractivity contribution in [2.75, 3.05) is 0 Å². The van der Waals surface area contributed by atoms with Gasteiger partial charge in [-0.05, 0) is 28.7 Å². The van der Waals surface area contributed by atoms with Crippen molar-refractivity contribution in [1.29, 1.82) is 0 Å². The fourth-order valence-corrected chi connectivity index (χ4v) is 4.41. The lowest BCUT2D eigenvalue weighted by Crippen LogP contribution is -2.10. The van der Waals surface area contributed by atoms with Crippen molar-refractivity contribution in [3.8, 4) is 0 Å². The van der Waals surface area contributed by atoms with Crippen LogP contribution in [0.5, 0.6) is 0 Å². The number of hydrogen-bond donors (Lipinski definition) is 0. The highest BCUT2D eigenvalue weighted by atomic mass is 32.2. The van der Waals surface area contributed by atoms with Gasteiger partial charge in [-0.3, -0.25) is 4.21 Å². The Bertz CT molecular complexity index is 631. The molecular formula is C17H18OS. The second-order valence-corrected chi connectivity index (χ2v) is 6.87. The van der Waals surface area contributed by atoms with E-state index in [0.29, 0.717) is 17.6 Å². The Labute approximate surface area is 117 Å². The van der Waals surface area contributed by atoms with E-state index < -0.39 is 10.8 Å². The van der Waals surface area contributed by atoms with E-state index in [4.69, 9.17) is 0 Å². The highest BCUT2D eigenvalue weighted by molar-refractivity contribution is 7.84. The Morgan fingerprint density at radius 1 is 1.00 bits per heavy atom. The number of benzene rings is 2. The lowest BCUT2D eigenvalue weighted by Gasteiger charge is -2.23. The van der Waals surface area contributed by atoms with Crippen LogP contribution in [-0.4, -0.2) is 4.21 Å². The maximum absolute atomic E-state index is 12.5. The summed E-state index contributed by atoms with van der Waals surface area (Å²) in [6, 6.07) is 16.7. The number of rotatable bonds is 1. The third-order valence-electron chi connectivity index (χ3n) is 3.84. The van der Waals surface area contributed by atoms with Gasteiger partial charge in [0.25, 0.3) is 0 Å². The van der Waals surface area contributed by atoms with Crippen LogP contribution in [0.2, 0.25) is 0 Å². The molecule has 0 saturated carbocycles. The number of hydrogen-bond acceptors (Lipinski definition) is 1. The summed E-state index contributed by atoms with van der Waals surface area (Å²) in [5.74, 6) is 1.48.